The van der Waals surface area contributed by atoms with Crippen LogP contribution in [-0.2, 0) is 11.1 Å². The summed E-state index contributed by atoms with van der Waals surface area (Å²) in [4.78, 5) is 0. The molecule has 4 heteroatoms. The molecule has 0 bridgehead atoms. The average molecular weight is 218 g/mol. The average Bonchev–Trinajstić information content (AvgIpc) is 2.63. The lowest BCUT2D eigenvalue weighted by atomic mass is 10.0. The molecule has 0 radical (unpaired) electrons. The van der Waals surface area contributed by atoms with Crippen LogP contribution < -0.4 is 5.32 Å². The molecule has 1 heterocycles. The fourth-order valence-electron chi connectivity index (χ4n) is 1.97. The first-order chi connectivity index (χ1) is 6.79. The predicted octanol–water partition coefficient (Wildman–Crippen LogP) is 1.43. The van der Waals surface area contributed by atoms with Crippen LogP contribution >= 0.6 is 0 Å². The van der Waals surface area contributed by atoms with Gasteiger partial charge >= 0.3 is 0 Å². The van der Waals surface area contributed by atoms with Crippen molar-refractivity contribution in [3.63, 3.8) is 0 Å². The molecule has 0 spiro atoms. The molecule has 0 aromatic heterocycles. The van der Waals surface area contributed by atoms with Gasteiger partial charge in [0, 0.05) is 5.75 Å². The van der Waals surface area contributed by atoms with Crippen molar-refractivity contribution in [2.24, 2.45) is 5.92 Å². The van der Waals surface area contributed by atoms with Crippen molar-refractivity contribution in [2.75, 3.05) is 18.8 Å². The van der Waals surface area contributed by atoms with E-state index in [9.17, 15) is 8.76 Å². The molecule has 0 saturated carbocycles. The Morgan fingerprint density at radius 3 is 2.71 bits per heavy atom. The molecule has 0 aromatic rings. The summed E-state index contributed by atoms with van der Waals surface area (Å²) < 4.78 is 20.5. The van der Waals surface area contributed by atoms with E-state index in [2.05, 4.69) is 5.32 Å². The Morgan fingerprint density at radius 1 is 1.29 bits per heavy atom. The Hall–Kier alpha value is 0.0700. The van der Waals surface area contributed by atoms with Crippen molar-refractivity contribution in [3.8, 4) is 0 Å². The normalized spacial score (nSPS) is 23.9. The van der Waals surface area contributed by atoms with Gasteiger partial charge in [-0.25, -0.2) is 0 Å². The molecule has 14 heavy (non-hydrogen) atoms. The van der Waals surface area contributed by atoms with Crippen LogP contribution in [-0.4, -0.2) is 27.6 Å². The second-order valence-electron chi connectivity index (χ2n) is 4.07. The standard InChI is InChI=1S/C10H21NO2S/c12-14(13)8-4-2-1-3-5-10-6-7-11-9-10/h10-11H,1-9H2,(H,12,13)/p-1. The van der Waals surface area contributed by atoms with Crippen LogP contribution in [0, 0.1) is 5.92 Å². The van der Waals surface area contributed by atoms with E-state index in [4.69, 9.17) is 0 Å². The Balaban J connectivity index is 1.82. The third kappa shape index (κ3) is 5.73. The van der Waals surface area contributed by atoms with Gasteiger partial charge in [0.1, 0.15) is 0 Å². The number of hydrogen-bond donors (Lipinski definition) is 1. The van der Waals surface area contributed by atoms with Crippen LogP contribution in [0.5, 0.6) is 0 Å². The maximum atomic E-state index is 10.2. The van der Waals surface area contributed by atoms with Crippen molar-refractivity contribution < 1.29 is 8.76 Å². The second kappa shape index (κ2) is 7.37. The van der Waals surface area contributed by atoms with E-state index in [0.717, 1.165) is 18.8 Å². The minimum atomic E-state index is -1.83. The van der Waals surface area contributed by atoms with Crippen LogP contribution in [0.2, 0.25) is 0 Å². The van der Waals surface area contributed by atoms with Gasteiger partial charge in [0.2, 0.25) is 0 Å². The third-order valence-corrected chi connectivity index (χ3v) is 3.46. The second-order valence-corrected chi connectivity index (χ2v) is 5.09. The number of hydrogen-bond acceptors (Lipinski definition) is 3. The molecule has 1 aliphatic heterocycles. The van der Waals surface area contributed by atoms with Crippen LogP contribution in [0.3, 0.4) is 0 Å². The van der Waals surface area contributed by atoms with Crippen molar-refractivity contribution in [1.29, 1.82) is 0 Å². The number of rotatable bonds is 7. The van der Waals surface area contributed by atoms with Crippen LogP contribution in [0.15, 0.2) is 0 Å². The molecule has 0 aromatic carbocycles. The molecule has 3 nitrogen and oxygen atoms in total. The first-order valence-electron chi connectivity index (χ1n) is 5.55. The Kier molecular flexibility index (Phi) is 6.39. The zero-order valence-electron chi connectivity index (χ0n) is 8.67. The summed E-state index contributed by atoms with van der Waals surface area (Å²) in [6.07, 6.45) is 6.98. The van der Waals surface area contributed by atoms with E-state index in [1.165, 1.54) is 38.8 Å². The van der Waals surface area contributed by atoms with E-state index in [-0.39, 0.29) is 0 Å². The van der Waals surface area contributed by atoms with E-state index in [1.54, 1.807) is 0 Å². The molecular formula is C10H20NO2S-. The van der Waals surface area contributed by atoms with Gasteiger partial charge in [-0.2, -0.15) is 0 Å². The van der Waals surface area contributed by atoms with Gasteiger partial charge in [-0.15, -0.1) is 0 Å². The van der Waals surface area contributed by atoms with Crippen molar-refractivity contribution >= 4 is 11.1 Å². The maximum Gasteiger partial charge on any atom is 0.0102 e. The quantitative estimate of drug-likeness (QED) is 0.519. The minimum Gasteiger partial charge on any atom is -0.772 e. The SMILES string of the molecule is O=S([O-])CCCCCCC1CCNC1. The van der Waals surface area contributed by atoms with Gasteiger partial charge in [0.15, 0.2) is 0 Å². The highest BCUT2D eigenvalue weighted by molar-refractivity contribution is 7.79. The van der Waals surface area contributed by atoms with Gasteiger partial charge in [-0.1, -0.05) is 30.3 Å². The first-order valence-corrected chi connectivity index (χ1v) is 6.80. The zero-order chi connectivity index (χ0) is 10.2. The Morgan fingerprint density at radius 2 is 2.07 bits per heavy atom. The summed E-state index contributed by atoms with van der Waals surface area (Å²) in [7, 11) is 0. The molecule has 84 valence electrons. The largest absolute Gasteiger partial charge is 0.772 e. The predicted molar refractivity (Wildman–Crippen MR) is 57.8 cm³/mol. The van der Waals surface area contributed by atoms with E-state index in [1.807, 2.05) is 0 Å². The molecule has 1 rings (SSSR count). The summed E-state index contributed by atoms with van der Waals surface area (Å²) in [5.41, 5.74) is 0. The highest BCUT2D eigenvalue weighted by atomic mass is 32.2. The molecule has 1 saturated heterocycles. The van der Waals surface area contributed by atoms with Gasteiger partial charge in [-0.05, 0) is 38.3 Å². The van der Waals surface area contributed by atoms with Gasteiger partial charge < -0.3 is 9.87 Å². The molecule has 2 atom stereocenters. The molecule has 0 amide bonds. The molecule has 0 aliphatic carbocycles. The first kappa shape index (κ1) is 12.1. The third-order valence-electron chi connectivity index (χ3n) is 2.84. The smallest absolute Gasteiger partial charge is 0.0102 e. The summed E-state index contributed by atoms with van der Waals surface area (Å²) in [6.45, 7) is 2.37. The molecule has 2 unspecified atom stereocenters. The fourth-order valence-corrected chi connectivity index (χ4v) is 2.41. The number of unbranched alkanes of at least 4 members (excludes halogenated alkanes) is 3. The summed E-state index contributed by atoms with van der Waals surface area (Å²) in [5.74, 6) is 1.22. The molecule has 1 fully saturated rings. The van der Waals surface area contributed by atoms with Crippen molar-refractivity contribution in [2.45, 2.75) is 38.5 Å². The lowest BCUT2D eigenvalue weighted by Gasteiger charge is -2.07. The zero-order valence-corrected chi connectivity index (χ0v) is 9.48. The Labute approximate surface area is 88.9 Å². The lowest BCUT2D eigenvalue weighted by Crippen LogP contribution is -2.08. The van der Waals surface area contributed by atoms with E-state index in [0.29, 0.717) is 5.75 Å². The van der Waals surface area contributed by atoms with Crippen LogP contribution in [0.25, 0.3) is 0 Å². The van der Waals surface area contributed by atoms with Crippen molar-refractivity contribution in [3.05, 3.63) is 0 Å². The molecule has 1 N–H and O–H groups in total. The highest BCUT2D eigenvalue weighted by Gasteiger charge is 2.12. The molecular weight excluding hydrogens is 198 g/mol. The van der Waals surface area contributed by atoms with Gasteiger partial charge in [-0.3, -0.25) is 4.21 Å². The lowest BCUT2D eigenvalue weighted by molar-refractivity contribution is 0.487. The van der Waals surface area contributed by atoms with Gasteiger partial charge in [0.05, 0.1) is 0 Å². The van der Waals surface area contributed by atoms with Gasteiger partial charge in [0.25, 0.3) is 0 Å². The van der Waals surface area contributed by atoms with Crippen LogP contribution in [0.4, 0.5) is 0 Å². The van der Waals surface area contributed by atoms with Crippen LogP contribution in [0.1, 0.15) is 38.5 Å². The fraction of sp³-hybridized carbons (Fsp3) is 1.00. The molecule has 1 aliphatic rings. The van der Waals surface area contributed by atoms with E-state index >= 15 is 0 Å². The number of nitrogens with one attached hydrogen (secondary N) is 1. The maximum absolute atomic E-state index is 10.2. The summed E-state index contributed by atoms with van der Waals surface area (Å²) in [6, 6.07) is 0. The topological polar surface area (TPSA) is 52.2 Å². The highest BCUT2D eigenvalue weighted by Crippen LogP contribution is 2.16. The summed E-state index contributed by atoms with van der Waals surface area (Å²) in [5, 5.41) is 3.36. The Bertz CT molecular complexity index is 170. The summed E-state index contributed by atoms with van der Waals surface area (Å²) >= 11 is -1.83. The van der Waals surface area contributed by atoms with Crippen molar-refractivity contribution in [1.82, 2.24) is 5.32 Å². The monoisotopic (exact) mass is 218 g/mol. The van der Waals surface area contributed by atoms with E-state index < -0.39 is 11.1 Å². The minimum absolute atomic E-state index is 0.338.